The van der Waals surface area contributed by atoms with E-state index in [4.69, 9.17) is 4.74 Å². The van der Waals surface area contributed by atoms with Crippen LogP contribution in [0.1, 0.15) is 39.2 Å². The molecule has 1 fully saturated rings. The zero-order chi connectivity index (χ0) is 18.7. The van der Waals surface area contributed by atoms with Crippen molar-refractivity contribution in [2.45, 2.75) is 52.2 Å². The molecule has 3 N–H and O–H groups in total. The van der Waals surface area contributed by atoms with E-state index < -0.39 is 11.7 Å². The van der Waals surface area contributed by atoms with E-state index in [0.29, 0.717) is 13.1 Å². The molecule has 1 atom stereocenters. The molecule has 1 aliphatic rings. The van der Waals surface area contributed by atoms with Crippen molar-refractivity contribution in [3.05, 3.63) is 35.9 Å². The molecule has 25 heavy (non-hydrogen) atoms. The smallest absolute Gasteiger partial charge is 0.407 e. The summed E-state index contributed by atoms with van der Waals surface area (Å²) in [4.78, 5) is 22.6. The van der Waals surface area contributed by atoms with Gasteiger partial charge in [-0.1, -0.05) is 35.9 Å². The first-order valence-electron chi connectivity index (χ1n) is 8.77. The van der Waals surface area contributed by atoms with Crippen LogP contribution in [0.2, 0.25) is 0 Å². The summed E-state index contributed by atoms with van der Waals surface area (Å²) in [6.07, 6.45) is 1.20. The number of carbonyl (C=O) groups is 2. The third kappa shape index (κ3) is 10.4. The van der Waals surface area contributed by atoms with E-state index in [0.717, 1.165) is 19.4 Å². The maximum absolute atomic E-state index is 11.3. The Hall–Kier alpha value is -2.08. The van der Waals surface area contributed by atoms with Crippen molar-refractivity contribution in [2.24, 2.45) is 0 Å². The van der Waals surface area contributed by atoms with Crippen molar-refractivity contribution in [1.29, 1.82) is 0 Å². The Morgan fingerprint density at radius 1 is 1.24 bits per heavy atom. The molecule has 2 amide bonds. The van der Waals surface area contributed by atoms with Gasteiger partial charge in [0.05, 0.1) is 6.04 Å². The maximum atomic E-state index is 11.3. The average Bonchev–Trinajstić information content (AvgIpc) is 2.92. The van der Waals surface area contributed by atoms with E-state index >= 15 is 0 Å². The molecule has 1 saturated heterocycles. The summed E-state index contributed by atoms with van der Waals surface area (Å²) in [6, 6.07) is 10.2. The highest BCUT2D eigenvalue weighted by atomic mass is 16.6. The first-order chi connectivity index (χ1) is 11.8. The molecule has 140 valence electrons. The topological polar surface area (TPSA) is 79.5 Å². The number of ether oxygens (including phenoxy) is 1. The summed E-state index contributed by atoms with van der Waals surface area (Å²) in [7, 11) is 0. The number of aryl methyl sites for hydroxylation is 1. The highest BCUT2D eigenvalue weighted by Crippen LogP contribution is 2.06. The second-order valence-corrected chi connectivity index (χ2v) is 7.02. The van der Waals surface area contributed by atoms with Crippen molar-refractivity contribution < 1.29 is 14.3 Å². The lowest BCUT2D eigenvalue weighted by Gasteiger charge is -2.19. The molecule has 0 spiro atoms. The molecule has 6 heteroatoms. The van der Waals surface area contributed by atoms with Crippen molar-refractivity contribution >= 4 is 12.0 Å². The third-order valence-electron chi connectivity index (χ3n) is 3.40. The van der Waals surface area contributed by atoms with E-state index in [-0.39, 0.29) is 11.9 Å². The second-order valence-electron chi connectivity index (χ2n) is 7.02. The quantitative estimate of drug-likeness (QED) is 0.713. The monoisotopic (exact) mass is 349 g/mol. The van der Waals surface area contributed by atoms with Gasteiger partial charge in [0.1, 0.15) is 5.60 Å². The van der Waals surface area contributed by atoms with E-state index in [1.807, 2.05) is 39.0 Å². The number of benzene rings is 1. The van der Waals surface area contributed by atoms with E-state index in [9.17, 15) is 9.59 Å². The lowest BCUT2D eigenvalue weighted by Crippen LogP contribution is -2.38. The van der Waals surface area contributed by atoms with Gasteiger partial charge in [0, 0.05) is 13.1 Å². The number of hydrogen-bond donors (Lipinski definition) is 3. The Kier molecular flexibility index (Phi) is 8.99. The molecular weight excluding hydrogens is 318 g/mol. The van der Waals surface area contributed by atoms with Crippen LogP contribution in [0.25, 0.3) is 0 Å². The molecule has 2 rings (SSSR count). The number of amides is 2. The fourth-order valence-electron chi connectivity index (χ4n) is 2.19. The Morgan fingerprint density at radius 2 is 1.92 bits per heavy atom. The Bertz CT molecular complexity index is 526. The normalized spacial score (nSPS) is 16.5. The fraction of sp³-hybridized carbons (Fsp3) is 0.579. The van der Waals surface area contributed by atoms with E-state index in [1.54, 1.807) is 0 Å². The van der Waals surface area contributed by atoms with Crippen molar-refractivity contribution in [3.8, 4) is 0 Å². The summed E-state index contributed by atoms with van der Waals surface area (Å²) in [5.41, 5.74) is 0.854. The van der Waals surface area contributed by atoms with Crippen LogP contribution in [-0.4, -0.2) is 43.3 Å². The predicted molar refractivity (Wildman–Crippen MR) is 99.5 cm³/mol. The summed E-state index contributed by atoms with van der Waals surface area (Å²) < 4.78 is 5.10. The van der Waals surface area contributed by atoms with Gasteiger partial charge in [0.25, 0.3) is 0 Å². The van der Waals surface area contributed by atoms with Gasteiger partial charge in [0.15, 0.2) is 0 Å². The lowest BCUT2D eigenvalue weighted by molar-refractivity contribution is -0.120. The second kappa shape index (κ2) is 10.7. The minimum absolute atomic E-state index is 0.0649. The molecule has 0 aromatic heterocycles. The standard InChI is InChI=1S/C12H23N3O3.C7H8/c1-12(2,3)18-11(17)15-7-4-6-13-9-5-8-14-10(9)16;1-7-5-3-2-4-6-7/h9,13H,4-8H2,1-3H3,(H,14,16)(H,15,17);2-6H,1H3. The largest absolute Gasteiger partial charge is 0.444 e. The summed E-state index contributed by atoms with van der Waals surface area (Å²) in [5.74, 6) is 0.0649. The molecule has 1 aromatic rings. The van der Waals surface area contributed by atoms with Crippen LogP contribution in [0.5, 0.6) is 0 Å². The van der Waals surface area contributed by atoms with Crippen LogP contribution in [0.15, 0.2) is 30.3 Å². The highest BCUT2D eigenvalue weighted by molar-refractivity contribution is 5.83. The Morgan fingerprint density at radius 3 is 2.40 bits per heavy atom. The number of hydrogen-bond acceptors (Lipinski definition) is 4. The number of rotatable bonds is 5. The molecule has 0 aliphatic carbocycles. The number of alkyl carbamates (subject to hydrolysis) is 1. The van der Waals surface area contributed by atoms with Crippen LogP contribution in [0, 0.1) is 6.92 Å². The van der Waals surface area contributed by atoms with Gasteiger partial charge < -0.3 is 20.7 Å². The molecule has 1 heterocycles. The first-order valence-corrected chi connectivity index (χ1v) is 8.77. The van der Waals surface area contributed by atoms with Crippen molar-refractivity contribution in [2.75, 3.05) is 19.6 Å². The minimum Gasteiger partial charge on any atom is -0.444 e. The molecular formula is C19H31N3O3. The Balaban J connectivity index is 0.000000370. The summed E-state index contributed by atoms with van der Waals surface area (Å²) in [6.45, 7) is 9.54. The number of carbonyl (C=O) groups excluding carboxylic acids is 2. The molecule has 0 radical (unpaired) electrons. The zero-order valence-electron chi connectivity index (χ0n) is 15.7. The molecule has 0 saturated carbocycles. The molecule has 1 aromatic carbocycles. The van der Waals surface area contributed by atoms with Crippen molar-refractivity contribution in [1.82, 2.24) is 16.0 Å². The molecule has 6 nitrogen and oxygen atoms in total. The molecule has 1 aliphatic heterocycles. The van der Waals surface area contributed by atoms with Gasteiger partial charge in [-0.25, -0.2) is 4.79 Å². The SMILES string of the molecule is CC(C)(C)OC(=O)NCCCNC1CCNC1=O.Cc1ccccc1. The van der Waals surface area contributed by atoms with Crippen LogP contribution in [0.4, 0.5) is 4.79 Å². The van der Waals surface area contributed by atoms with Crippen molar-refractivity contribution in [3.63, 3.8) is 0 Å². The van der Waals surface area contributed by atoms with Gasteiger partial charge in [-0.3, -0.25) is 4.79 Å². The van der Waals surface area contributed by atoms with Crippen LogP contribution < -0.4 is 16.0 Å². The predicted octanol–water partition coefficient (Wildman–Crippen LogP) is 2.37. The summed E-state index contributed by atoms with van der Waals surface area (Å²) in [5, 5.41) is 8.59. The van der Waals surface area contributed by atoms with Gasteiger partial charge in [0.2, 0.25) is 5.91 Å². The highest BCUT2D eigenvalue weighted by Gasteiger charge is 2.22. The first kappa shape index (κ1) is 21.0. The van der Waals surface area contributed by atoms with Gasteiger partial charge in [-0.15, -0.1) is 0 Å². The minimum atomic E-state index is -0.468. The van der Waals surface area contributed by atoms with E-state index in [2.05, 4.69) is 35.0 Å². The fourth-order valence-corrected chi connectivity index (χ4v) is 2.19. The van der Waals surface area contributed by atoms with Gasteiger partial charge >= 0.3 is 6.09 Å². The van der Waals surface area contributed by atoms with Gasteiger partial charge in [-0.05, 0) is 47.1 Å². The van der Waals surface area contributed by atoms with E-state index in [1.165, 1.54) is 5.56 Å². The average molecular weight is 349 g/mol. The Labute approximate surface area is 150 Å². The summed E-state index contributed by atoms with van der Waals surface area (Å²) >= 11 is 0. The van der Waals surface area contributed by atoms with Crippen LogP contribution in [-0.2, 0) is 9.53 Å². The van der Waals surface area contributed by atoms with Crippen LogP contribution in [0.3, 0.4) is 0 Å². The van der Waals surface area contributed by atoms with Crippen LogP contribution >= 0.6 is 0 Å². The lowest BCUT2D eigenvalue weighted by atomic mass is 10.2. The number of nitrogens with one attached hydrogen (secondary N) is 3. The third-order valence-corrected chi connectivity index (χ3v) is 3.40. The molecule has 1 unspecified atom stereocenters. The zero-order valence-corrected chi connectivity index (χ0v) is 15.7. The van der Waals surface area contributed by atoms with Gasteiger partial charge in [-0.2, -0.15) is 0 Å². The molecule has 0 bridgehead atoms. The maximum Gasteiger partial charge on any atom is 0.407 e.